The smallest absolute Gasteiger partial charge is 0.311 e. The Bertz CT molecular complexity index is 395. The SMILES string of the molecule is CNC(c1sccc1C)C1(C(=O)O)CCC1. The third-order valence-corrected chi connectivity index (χ3v) is 4.76. The van der Waals surface area contributed by atoms with Crippen molar-refractivity contribution in [2.24, 2.45) is 5.41 Å². The van der Waals surface area contributed by atoms with E-state index in [0.717, 1.165) is 19.3 Å². The maximum absolute atomic E-state index is 11.5. The van der Waals surface area contributed by atoms with Crippen LogP contribution in [0.3, 0.4) is 0 Å². The van der Waals surface area contributed by atoms with Crippen LogP contribution in [0.5, 0.6) is 0 Å². The third-order valence-electron chi connectivity index (χ3n) is 3.68. The molecule has 0 saturated heterocycles. The van der Waals surface area contributed by atoms with E-state index in [2.05, 4.69) is 11.4 Å². The molecule has 0 amide bonds. The highest BCUT2D eigenvalue weighted by molar-refractivity contribution is 7.10. The van der Waals surface area contributed by atoms with Gasteiger partial charge in [0.2, 0.25) is 0 Å². The molecule has 1 fully saturated rings. The van der Waals surface area contributed by atoms with E-state index in [1.165, 1.54) is 10.4 Å². The van der Waals surface area contributed by atoms with E-state index >= 15 is 0 Å². The number of nitrogens with one attached hydrogen (secondary N) is 1. The Balaban J connectivity index is 2.36. The standard InChI is InChI=1S/C12H17NO2S/c1-8-4-7-16-9(8)10(13-2)12(11(14)15)5-3-6-12/h4,7,10,13H,3,5-6H2,1-2H3,(H,14,15). The van der Waals surface area contributed by atoms with Gasteiger partial charge in [-0.25, -0.2) is 0 Å². The topological polar surface area (TPSA) is 49.3 Å². The third kappa shape index (κ3) is 1.57. The van der Waals surface area contributed by atoms with E-state index in [9.17, 15) is 9.90 Å². The highest BCUT2D eigenvalue weighted by atomic mass is 32.1. The van der Waals surface area contributed by atoms with Gasteiger partial charge in [0.05, 0.1) is 11.5 Å². The first-order chi connectivity index (χ1) is 7.62. The van der Waals surface area contributed by atoms with E-state index in [-0.39, 0.29) is 6.04 Å². The van der Waals surface area contributed by atoms with Gasteiger partial charge in [-0.15, -0.1) is 11.3 Å². The molecule has 1 aliphatic rings. The second-order valence-electron chi connectivity index (χ2n) is 4.50. The minimum absolute atomic E-state index is 0.0428. The highest BCUT2D eigenvalue weighted by Crippen LogP contribution is 2.51. The van der Waals surface area contributed by atoms with Crippen LogP contribution in [0.4, 0.5) is 0 Å². The van der Waals surface area contributed by atoms with Crippen LogP contribution < -0.4 is 5.32 Å². The highest BCUT2D eigenvalue weighted by Gasteiger charge is 2.51. The average molecular weight is 239 g/mol. The molecule has 0 aliphatic heterocycles. The summed E-state index contributed by atoms with van der Waals surface area (Å²) >= 11 is 1.65. The fraction of sp³-hybridized carbons (Fsp3) is 0.583. The lowest BCUT2D eigenvalue weighted by atomic mass is 9.63. The van der Waals surface area contributed by atoms with Crippen molar-refractivity contribution in [3.05, 3.63) is 21.9 Å². The zero-order valence-corrected chi connectivity index (χ0v) is 10.4. The summed E-state index contributed by atoms with van der Waals surface area (Å²) in [5, 5.41) is 14.7. The van der Waals surface area contributed by atoms with Gasteiger partial charge in [0.25, 0.3) is 0 Å². The Kier molecular flexibility index (Phi) is 3.04. The number of aryl methyl sites for hydroxylation is 1. The van der Waals surface area contributed by atoms with E-state index in [1.807, 2.05) is 19.4 Å². The molecule has 1 aromatic heterocycles. The van der Waals surface area contributed by atoms with Crippen molar-refractivity contribution in [3.63, 3.8) is 0 Å². The molecule has 1 aromatic rings. The first kappa shape index (κ1) is 11.6. The number of hydrogen-bond acceptors (Lipinski definition) is 3. The molecule has 0 radical (unpaired) electrons. The van der Waals surface area contributed by atoms with Crippen LogP contribution in [0.15, 0.2) is 11.4 Å². The molecular weight excluding hydrogens is 222 g/mol. The van der Waals surface area contributed by atoms with Crippen LogP contribution in [-0.2, 0) is 4.79 Å². The summed E-state index contributed by atoms with van der Waals surface area (Å²) in [7, 11) is 1.85. The number of carboxylic acid groups (broad SMARTS) is 1. The number of thiophene rings is 1. The summed E-state index contributed by atoms with van der Waals surface area (Å²) in [5.74, 6) is -0.661. The Labute approximate surface area is 99.5 Å². The Morgan fingerprint density at radius 1 is 1.62 bits per heavy atom. The van der Waals surface area contributed by atoms with Crippen LogP contribution in [0.2, 0.25) is 0 Å². The molecule has 1 unspecified atom stereocenters. The molecule has 16 heavy (non-hydrogen) atoms. The first-order valence-electron chi connectivity index (χ1n) is 5.56. The van der Waals surface area contributed by atoms with E-state index < -0.39 is 11.4 Å². The number of carboxylic acids is 1. The minimum atomic E-state index is -0.661. The monoisotopic (exact) mass is 239 g/mol. The van der Waals surface area contributed by atoms with Crippen molar-refractivity contribution in [1.82, 2.24) is 5.32 Å². The van der Waals surface area contributed by atoms with Gasteiger partial charge in [0, 0.05) is 4.88 Å². The van der Waals surface area contributed by atoms with Gasteiger partial charge in [-0.3, -0.25) is 4.79 Å². The summed E-state index contributed by atoms with van der Waals surface area (Å²) in [4.78, 5) is 12.6. The van der Waals surface area contributed by atoms with E-state index in [1.54, 1.807) is 11.3 Å². The fourth-order valence-electron chi connectivity index (χ4n) is 2.52. The second-order valence-corrected chi connectivity index (χ2v) is 5.45. The largest absolute Gasteiger partial charge is 0.481 e. The minimum Gasteiger partial charge on any atom is -0.481 e. The van der Waals surface area contributed by atoms with Crippen molar-refractivity contribution < 1.29 is 9.90 Å². The lowest BCUT2D eigenvalue weighted by molar-refractivity contribution is -0.157. The van der Waals surface area contributed by atoms with Gasteiger partial charge in [0.1, 0.15) is 0 Å². The zero-order valence-electron chi connectivity index (χ0n) is 9.62. The number of rotatable bonds is 4. The number of carbonyl (C=O) groups is 1. The van der Waals surface area contributed by atoms with Crippen LogP contribution in [0.1, 0.15) is 35.7 Å². The Morgan fingerprint density at radius 3 is 2.62 bits per heavy atom. The molecular formula is C12H17NO2S. The Morgan fingerprint density at radius 2 is 2.31 bits per heavy atom. The van der Waals surface area contributed by atoms with E-state index in [4.69, 9.17) is 0 Å². The van der Waals surface area contributed by atoms with Crippen molar-refractivity contribution in [3.8, 4) is 0 Å². The first-order valence-corrected chi connectivity index (χ1v) is 6.44. The normalized spacial score (nSPS) is 20.1. The van der Waals surface area contributed by atoms with Gasteiger partial charge in [-0.2, -0.15) is 0 Å². The molecule has 1 heterocycles. The van der Waals surface area contributed by atoms with Gasteiger partial charge in [-0.05, 0) is 43.8 Å². The second kappa shape index (κ2) is 4.18. The molecule has 88 valence electrons. The zero-order chi connectivity index (χ0) is 11.8. The molecule has 0 aromatic carbocycles. The van der Waals surface area contributed by atoms with Crippen molar-refractivity contribution >= 4 is 17.3 Å². The van der Waals surface area contributed by atoms with Gasteiger partial charge in [-0.1, -0.05) is 6.42 Å². The summed E-state index contributed by atoms with van der Waals surface area (Å²) in [5.41, 5.74) is 0.613. The van der Waals surface area contributed by atoms with E-state index in [0.29, 0.717) is 0 Å². The molecule has 4 heteroatoms. The summed E-state index contributed by atoms with van der Waals surface area (Å²) in [6, 6.07) is 2.01. The van der Waals surface area contributed by atoms with Crippen molar-refractivity contribution in [2.75, 3.05) is 7.05 Å². The van der Waals surface area contributed by atoms with Crippen LogP contribution in [0.25, 0.3) is 0 Å². The quantitative estimate of drug-likeness (QED) is 0.849. The van der Waals surface area contributed by atoms with Gasteiger partial charge >= 0.3 is 5.97 Å². The molecule has 1 saturated carbocycles. The fourth-order valence-corrected chi connectivity index (χ4v) is 3.67. The predicted octanol–water partition coefficient (Wildman–Crippen LogP) is 2.57. The summed E-state index contributed by atoms with van der Waals surface area (Å²) in [6.07, 6.45) is 2.59. The lowest BCUT2D eigenvalue weighted by Crippen LogP contribution is -2.47. The molecule has 2 N–H and O–H groups in total. The average Bonchev–Trinajstić information content (AvgIpc) is 2.57. The maximum Gasteiger partial charge on any atom is 0.311 e. The van der Waals surface area contributed by atoms with Gasteiger partial charge in [0.15, 0.2) is 0 Å². The molecule has 3 nitrogen and oxygen atoms in total. The molecule has 0 bridgehead atoms. The number of aliphatic carboxylic acids is 1. The predicted molar refractivity (Wildman–Crippen MR) is 64.8 cm³/mol. The maximum atomic E-state index is 11.5. The van der Waals surface area contributed by atoms with Crippen LogP contribution in [0, 0.1) is 12.3 Å². The van der Waals surface area contributed by atoms with Crippen LogP contribution in [-0.4, -0.2) is 18.1 Å². The van der Waals surface area contributed by atoms with Crippen molar-refractivity contribution in [2.45, 2.75) is 32.2 Å². The van der Waals surface area contributed by atoms with Crippen LogP contribution >= 0.6 is 11.3 Å². The Hall–Kier alpha value is -0.870. The molecule has 0 spiro atoms. The summed E-state index contributed by atoms with van der Waals surface area (Å²) < 4.78 is 0. The molecule has 1 aliphatic carbocycles. The molecule has 1 atom stereocenters. The van der Waals surface area contributed by atoms with Crippen molar-refractivity contribution in [1.29, 1.82) is 0 Å². The van der Waals surface area contributed by atoms with Gasteiger partial charge < -0.3 is 10.4 Å². The summed E-state index contributed by atoms with van der Waals surface area (Å²) in [6.45, 7) is 2.05. The lowest BCUT2D eigenvalue weighted by Gasteiger charge is -2.43. The molecule has 2 rings (SSSR count). The number of hydrogen-bond donors (Lipinski definition) is 2.